The fourth-order valence-corrected chi connectivity index (χ4v) is 3.22. The summed E-state index contributed by atoms with van der Waals surface area (Å²) >= 11 is 11.9. The average Bonchev–Trinajstić information content (AvgIpc) is 2.65. The normalized spacial score (nSPS) is 17.0. The van der Waals surface area contributed by atoms with Crippen LogP contribution in [0.4, 0.5) is 11.5 Å². The molecule has 0 aliphatic carbocycles. The minimum atomic E-state index is -0.872. The van der Waals surface area contributed by atoms with E-state index in [1.807, 2.05) is 0 Å². The number of halogens is 2. The standard InChI is InChI=1S/C18H17Cl2N3O3/c19-14-6-5-12(9-15(14)20)22-16-13(4-1-7-21-16)17(24)23-8-2-3-11(10-23)18(25)26/h1,4-7,9,11H,2-3,8,10H2,(H,21,22)(H,25,26). The molecule has 2 N–H and O–H groups in total. The molecule has 1 aliphatic rings. The first-order valence-electron chi connectivity index (χ1n) is 8.15. The number of nitrogens with zero attached hydrogens (tertiary/aromatic N) is 2. The zero-order valence-corrected chi connectivity index (χ0v) is 15.3. The molecule has 0 bridgehead atoms. The van der Waals surface area contributed by atoms with Crippen LogP contribution < -0.4 is 5.32 Å². The Kier molecular flexibility index (Phi) is 5.64. The van der Waals surface area contributed by atoms with E-state index in [9.17, 15) is 14.7 Å². The summed E-state index contributed by atoms with van der Waals surface area (Å²) in [6.45, 7) is 0.735. The van der Waals surface area contributed by atoms with Gasteiger partial charge in [-0.2, -0.15) is 0 Å². The van der Waals surface area contributed by atoms with Gasteiger partial charge in [-0.1, -0.05) is 23.2 Å². The molecule has 1 aromatic heterocycles. The lowest BCUT2D eigenvalue weighted by Gasteiger charge is -2.31. The van der Waals surface area contributed by atoms with Crippen molar-refractivity contribution in [3.05, 3.63) is 52.1 Å². The second-order valence-corrected chi connectivity index (χ2v) is 6.90. The Morgan fingerprint density at radius 2 is 2.04 bits per heavy atom. The molecule has 26 heavy (non-hydrogen) atoms. The molecule has 8 heteroatoms. The molecule has 2 aromatic rings. The number of piperidine rings is 1. The van der Waals surface area contributed by atoms with Gasteiger partial charge in [-0.3, -0.25) is 9.59 Å². The number of benzene rings is 1. The topological polar surface area (TPSA) is 82.5 Å². The van der Waals surface area contributed by atoms with Gasteiger partial charge in [0, 0.05) is 25.0 Å². The summed E-state index contributed by atoms with van der Waals surface area (Å²) in [5.74, 6) is -1.27. The van der Waals surface area contributed by atoms with E-state index in [1.165, 1.54) is 0 Å². The third-order valence-electron chi connectivity index (χ3n) is 4.28. The molecule has 1 aromatic carbocycles. The number of carbonyl (C=O) groups excluding carboxylic acids is 1. The van der Waals surface area contributed by atoms with Crippen molar-refractivity contribution in [2.75, 3.05) is 18.4 Å². The first kappa shape index (κ1) is 18.5. The Hall–Kier alpha value is -2.31. The summed E-state index contributed by atoms with van der Waals surface area (Å²) < 4.78 is 0. The van der Waals surface area contributed by atoms with Crippen LogP contribution in [0, 0.1) is 5.92 Å². The van der Waals surface area contributed by atoms with Gasteiger partial charge in [0.05, 0.1) is 21.5 Å². The fraction of sp³-hybridized carbons (Fsp3) is 0.278. The van der Waals surface area contributed by atoms with Crippen LogP contribution >= 0.6 is 23.2 Å². The van der Waals surface area contributed by atoms with Gasteiger partial charge in [0.1, 0.15) is 5.82 Å². The number of likely N-dealkylation sites (tertiary alicyclic amines) is 1. The van der Waals surface area contributed by atoms with Gasteiger partial charge in [0.25, 0.3) is 5.91 Å². The van der Waals surface area contributed by atoms with E-state index >= 15 is 0 Å². The molecule has 0 saturated carbocycles. The quantitative estimate of drug-likeness (QED) is 0.817. The molecule has 3 rings (SSSR count). The van der Waals surface area contributed by atoms with Gasteiger partial charge in [-0.05, 0) is 43.2 Å². The monoisotopic (exact) mass is 393 g/mol. The summed E-state index contributed by atoms with van der Waals surface area (Å²) in [5, 5.41) is 13.1. The number of aromatic nitrogens is 1. The summed E-state index contributed by atoms with van der Waals surface area (Å²) in [6.07, 6.45) is 2.83. The SMILES string of the molecule is O=C(O)C1CCCN(C(=O)c2cccnc2Nc2ccc(Cl)c(Cl)c2)C1. The Labute approximate surface area is 160 Å². The highest BCUT2D eigenvalue weighted by atomic mass is 35.5. The molecular weight excluding hydrogens is 377 g/mol. The van der Waals surface area contributed by atoms with E-state index in [4.69, 9.17) is 23.2 Å². The second kappa shape index (κ2) is 7.93. The van der Waals surface area contributed by atoms with E-state index in [0.717, 1.165) is 0 Å². The lowest BCUT2D eigenvalue weighted by Crippen LogP contribution is -2.42. The molecule has 0 spiro atoms. The van der Waals surface area contributed by atoms with Crippen LogP contribution in [0.3, 0.4) is 0 Å². The van der Waals surface area contributed by atoms with Gasteiger partial charge in [-0.15, -0.1) is 0 Å². The summed E-state index contributed by atoms with van der Waals surface area (Å²) in [7, 11) is 0. The maximum absolute atomic E-state index is 12.9. The molecule has 1 saturated heterocycles. The lowest BCUT2D eigenvalue weighted by molar-refractivity contribution is -0.143. The number of anilines is 2. The van der Waals surface area contributed by atoms with Crippen molar-refractivity contribution in [2.45, 2.75) is 12.8 Å². The van der Waals surface area contributed by atoms with Crippen LogP contribution in [0.2, 0.25) is 10.0 Å². The van der Waals surface area contributed by atoms with Crippen LogP contribution in [-0.2, 0) is 4.79 Å². The molecule has 6 nitrogen and oxygen atoms in total. The van der Waals surface area contributed by atoms with E-state index in [2.05, 4.69) is 10.3 Å². The molecule has 136 valence electrons. The minimum Gasteiger partial charge on any atom is -0.481 e. The predicted octanol–water partition coefficient (Wildman–Crippen LogP) is 4.07. The van der Waals surface area contributed by atoms with Gasteiger partial charge in [0.2, 0.25) is 0 Å². The van der Waals surface area contributed by atoms with Crippen LogP contribution in [0.5, 0.6) is 0 Å². The number of aliphatic carboxylic acids is 1. The number of hydrogen-bond acceptors (Lipinski definition) is 4. The molecular formula is C18H17Cl2N3O3. The molecule has 2 heterocycles. The minimum absolute atomic E-state index is 0.204. The number of hydrogen-bond donors (Lipinski definition) is 2. The van der Waals surface area contributed by atoms with Gasteiger partial charge >= 0.3 is 5.97 Å². The number of carboxylic acid groups (broad SMARTS) is 1. The fourth-order valence-electron chi connectivity index (χ4n) is 2.92. The van der Waals surface area contributed by atoms with Crippen molar-refractivity contribution in [2.24, 2.45) is 5.92 Å². The third-order valence-corrected chi connectivity index (χ3v) is 5.02. The number of pyridine rings is 1. The number of nitrogens with one attached hydrogen (secondary N) is 1. The largest absolute Gasteiger partial charge is 0.481 e. The first-order valence-corrected chi connectivity index (χ1v) is 8.90. The molecule has 1 aliphatic heterocycles. The predicted molar refractivity (Wildman–Crippen MR) is 100 cm³/mol. The van der Waals surface area contributed by atoms with E-state index in [1.54, 1.807) is 41.4 Å². The maximum atomic E-state index is 12.9. The van der Waals surface area contributed by atoms with E-state index < -0.39 is 11.9 Å². The maximum Gasteiger partial charge on any atom is 0.308 e. The Bertz CT molecular complexity index is 844. The molecule has 1 atom stereocenters. The lowest BCUT2D eigenvalue weighted by atomic mass is 9.97. The molecule has 0 radical (unpaired) electrons. The summed E-state index contributed by atoms with van der Waals surface area (Å²) in [6, 6.07) is 8.37. The first-order chi connectivity index (χ1) is 12.5. The van der Waals surface area contributed by atoms with Crippen molar-refractivity contribution >= 4 is 46.6 Å². The van der Waals surface area contributed by atoms with Gasteiger partial charge in [-0.25, -0.2) is 4.98 Å². The van der Waals surface area contributed by atoms with Crippen LogP contribution in [-0.4, -0.2) is 40.0 Å². The zero-order valence-electron chi connectivity index (χ0n) is 13.8. The highest BCUT2D eigenvalue weighted by molar-refractivity contribution is 6.42. The number of carbonyl (C=O) groups is 2. The van der Waals surface area contributed by atoms with E-state index in [-0.39, 0.29) is 12.5 Å². The number of amides is 1. The number of carboxylic acids is 1. The Morgan fingerprint density at radius 1 is 1.23 bits per heavy atom. The molecule has 1 unspecified atom stereocenters. The van der Waals surface area contributed by atoms with Gasteiger partial charge < -0.3 is 15.3 Å². The van der Waals surface area contributed by atoms with Crippen LogP contribution in [0.25, 0.3) is 0 Å². The van der Waals surface area contributed by atoms with Crippen LogP contribution in [0.1, 0.15) is 23.2 Å². The highest BCUT2D eigenvalue weighted by Crippen LogP contribution is 2.28. The van der Waals surface area contributed by atoms with Crippen molar-refractivity contribution < 1.29 is 14.7 Å². The summed E-state index contributed by atoms with van der Waals surface area (Å²) in [4.78, 5) is 30.0. The highest BCUT2D eigenvalue weighted by Gasteiger charge is 2.29. The van der Waals surface area contributed by atoms with Crippen molar-refractivity contribution in [3.63, 3.8) is 0 Å². The zero-order chi connectivity index (χ0) is 18.7. The van der Waals surface area contributed by atoms with Crippen LogP contribution in [0.15, 0.2) is 36.5 Å². The smallest absolute Gasteiger partial charge is 0.308 e. The summed E-state index contributed by atoms with van der Waals surface area (Å²) in [5.41, 5.74) is 1.03. The van der Waals surface area contributed by atoms with Crippen molar-refractivity contribution in [3.8, 4) is 0 Å². The van der Waals surface area contributed by atoms with E-state index in [0.29, 0.717) is 46.5 Å². The molecule has 1 fully saturated rings. The second-order valence-electron chi connectivity index (χ2n) is 6.08. The Balaban J connectivity index is 1.83. The Morgan fingerprint density at radius 3 is 2.77 bits per heavy atom. The average molecular weight is 394 g/mol. The molecule has 1 amide bonds. The van der Waals surface area contributed by atoms with Crippen molar-refractivity contribution in [1.82, 2.24) is 9.88 Å². The van der Waals surface area contributed by atoms with Crippen molar-refractivity contribution in [1.29, 1.82) is 0 Å². The number of rotatable bonds is 4. The van der Waals surface area contributed by atoms with Gasteiger partial charge in [0.15, 0.2) is 0 Å². The third kappa shape index (κ3) is 4.08.